The fourth-order valence-electron chi connectivity index (χ4n) is 1.54. The van der Waals surface area contributed by atoms with Crippen molar-refractivity contribution in [3.63, 3.8) is 0 Å². The summed E-state index contributed by atoms with van der Waals surface area (Å²) in [4.78, 5) is 0. The van der Waals surface area contributed by atoms with Gasteiger partial charge in [-0.2, -0.15) is 0 Å². The quantitative estimate of drug-likeness (QED) is 0.791. The topological polar surface area (TPSA) is 35.2 Å². The zero-order valence-corrected chi connectivity index (χ0v) is 10.1. The third kappa shape index (κ3) is 2.62. The number of ether oxygens (including phenoxy) is 1. The number of rotatable bonds is 0. The summed E-state index contributed by atoms with van der Waals surface area (Å²) in [6.45, 7) is 0.727. The maximum absolute atomic E-state index is 5.90. The maximum atomic E-state index is 5.90. The lowest BCUT2D eigenvalue weighted by atomic mass is 10.1. The van der Waals surface area contributed by atoms with Crippen LogP contribution in [0.1, 0.15) is 12.0 Å². The van der Waals surface area contributed by atoms with Crippen molar-refractivity contribution < 1.29 is 4.74 Å². The smallest absolute Gasteiger partial charge is 0.123 e. The molecule has 1 unspecified atom stereocenters. The Bertz CT molecular complexity index is 319. The number of nitrogens with two attached hydrogens (primary N) is 1. The Hall–Kier alpha value is -0.250. The first-order valence-electron chi connectivity index (χ1n) is 4.42. The van der Waals surface area contributed by atoms with Gasteiger partial charge < -0.3 is 10.5 Å². The number of halogens is 2. The van der Waals surface area contributed by atoms with Crippen LogP contribution >= 0.6 is 28.3 Å². The van der Waals surface area contributed by atoms with Crippen molar-refractivity contribution in [3.05, 3.63) is 28.2 Å². The molecule has 0 saturated carbocycles. The molecule has 0 radical (unpaired) electrons. The minimum atomic E-state index is 0. The van der Waals surface area contributed by atoms with Crippen LogP contribution in [0.3, 0.4) is 0 Å². The molecule has 1 aromatic carbocycles. The summed E-state index contributed by atoms with van der Waals surface area (Å²) < 4.78 is 6.65. The monoisotopic (exact) mass is 277 g/mol. The van der Waals surface area contributed by atoms with Crippen LogP contribution in [-0.2, 0) is 6.42 Å². The van der Waals surface area contributed by atoms with Crippen molar-refractivity contribution in [2.24, 2.45) is 5.73 Å². The van der Waals surface area contributed by atoms with Gasteiger partial charge in [-0.3, -0.25) is 0 Å². The molecule has 0 aromatic heterocycles. The summed E-state index contributed by atoms with van der Waals surface area (Å²) >= 11 is 3.42. The van der Waals surface area contributed by atoms with E-state index in [1.807, 2.05) is 12.1 Å². The van der Waals surface area contributed by atoms with Crippen LogP contribution in [0.2, 0.25) is 0 Å². The molecule has 1 aromatic rings. The van der Waals surface area contributed by atoms with Crippen molar-refractivity contribution in [2.75, 3.05) is 6.61 Å². The van der Waals surface area contributed by atoms with Crippen LogP contribution in [0.4, 0.5) is 0 Å². The lowest BCUT2D eigenvalue weighted by Gasteiger charge is -2.07. The molecule has 2 nitrogen and oxygen atoms in total. The second kappa shape index (κ2) is 5.01. The Kier molecular flexibility index (Phi) is 4.23. The van der Waals surface area contributed by atoms with Crippen molar-refractivity contribution in [3.8, 4) is 5.75 Å². The molecule has 4 heteroatoms. The van der Waals surface area contributed by atoms with Crippen LogP contribution < -0.4 is 10.5 Å². The maximum Gasteiger partial charge on any atom is 0.123 e. The van der Waals surface area contributed by atoms with Crippen LogP contribution in [0, 0.1) is 0 Å². The second-order valence-corrected chi connectivity index (χ2v) is 4.27. The van der Waals surface area contributed by atoms with E-state index < -0.39 is 0 Å². The molecular formula is C10H13BrClNO. The molecule has 2 rings (SSSR count). The van der Waals surface area contributed by atoms with Gasteiger partial charge in [-0.15, -0.1) is 12.4 Å². The van der Waals surface area contributed by atoms with E-state index in [1.54, 1.807) is 0 Å². The Labute approximate surface area is 98.4 Å². The van der Waals surface area contributed by atoms with Crippen LogP contribution in [0.15, 0.2) is 22.7 Å². The predicted molar refractivity (Wildman–Crippen MR) is 63.2 cm³/mol. The lowest BCUT2D eigenvalue weighted by molar-refractivity contribution is 0.310. The van der Waals surface area contributed by atoms with Crippen molar-refractivity contribution >= 4 is 28.3 Å². The van der Waals surface area contributed by atoms with Crippen LogP contribution in [-0.4, -0.2) is 12.6 Å². The molecule has 0 bridgehead atoms. The molecule has 1 atom stereocenters. The molecule has 1 aliphatic rings. The van der Waals surface area contributed by atoms with Gasteiger partial charge in [0.05, 0.1) is 6.61 Å². The van der Waals surface area contributed by atoms with Crippen molar-refractivity contribution in [1.82, 2.24) is 0 Å². The van der Waals surface area contributed by atoms with E-state index in [0.717, 1.165) is 29.7 Å². The van der Waals surface area contributed by atoms with Crippen molar-refractivity contribution in [1.29, 1.82) is 0 Å². The normalized spacial score (nSPS) is 20.0. The fourth-order valence-corrected chi connectivity index (χ4v) is 1.88. The molecule has 14 heavy (non-hydrogen) atoms. The highest BCUT2D eigenvalue weighted by atomic mass is 79.9. The highest BCUT2D eigenvalue weighted by Crippen LogP contribution is 2.27. The number of benzene rings is 1. The molecule has 0 saturated heterocycles. The average Bonchev–Trinajstić information content (AvgIpc) is 2.25. The number of hydrogen-bond acceptors (Lipinski definition) is 2. The van der Waals surface area contributed by atoms with Gasteiger partial charge in [0.25, 0.3) is 0 Å². The van der Waals surface area contributed by atoms with E-state index >= 15 is 0 Å². The summed E-state index contributed by atoms with van der Waals surface area (Å²) in [5, 5.41) is 0. The third-order valence-electron chi connectivity index (χ3n) is 2.26. The van der Waals surface area contributed by atoms with Gasteiger partial charge >= 0.3 is 0 Å². The summed E-state index contributed by atoms with van der Waals surface area (Å²) in [7, 11) is 0. The van der Waals surface area contributed by atoms with E-state index in [4.69, 9.17) is 10.5 Å². The Morgan fingerprint density at radius 3 is 3.00 bits per heavy atom. The minimum absolute atomic E-state index is 0. The highest BCUT2D eigenvalue weighted by Gasteiger charge is 2.14. The van der Waals surface area contributed by atoms with E-state index in [0.29, 0.717) is 0 Å². The van der Waals surface area contributed by atoms with Crippen LogP contribution in [0.25, 0.3) is 0 Å². The molecule has 2 N–H and O–H groups in total. The van der Waals surface area contributed by atoms with Gasteiger partial charge in [-0.1, -0.05) is 22.0 Å². The van der Waals surface area contributed by atoms with Gasteiger partial charge in [0, 0.05) is 10.5 Å². The Morgan fingerprint density at radius 1 is 1.43 bits per heavy atom. The molecule has 1 heterocycles. The van der Waals surface area contributed by atoms with E-state index in [-0.39, 0.29) is 18.4 Å². The zero-order valence-electron chi connectivity index (χ0n) is 7.70. The largest absolute Gasteiger partial charge is 0.493 e. The fraction of sp³-hybridized carbons (Fsp3) is 0.400. The number of hydrogen-bond donors (Lipinski definition) is 1. The lowest BCUT2D eigenvalue weighted by Crippen LogP contribution is -2.22. The first kappa shape index (κ1) is 11.8. The van der Waals surface area contributed by atoms with E-state index in [2.05, 4.69) is 22.0 Å². The molecular weight excluding hydrogens is 265 g/mol. The van der Waals surface area contributed by atoms with Gasteiger partial charge in [0.2, 0.25) is 0 Å². The standard InChI is InChI=1S/C10H12BrNO.ClH/c11-8-2-1-7-5-9(12)3-4-13-10(7)6-8;/h1-2,6,9H,3-5,12H2;1H. The molecule has 78 valence electrons. The number of fused-ring (bicyclic) bond motifs is 1. The summed E-state index contributed by atoms with van der Waals surface area (Å²) in [6, 6.07) is 6.35. The first-order valence-corrected chi connectivity index (χ1v) is 5.22. The van der Waals surface area contributed by atoms with E-state index in [9.17, 15) is 0 Å². The van der Waals surface area contributed by atoms with Gasteiger partial charge in [0.15, 0.2) is 0 Å². The van der Waals surface area contributed by atoms with Crippen molar-refractivity contribution in [2.45, 2.75) is 18.9 Å². The predicted octanol–water partition coefficient (Wildman–Crippen LogP) is 2.52. The average molecular weight is 279 g/mol. The molecule has 0 fully saturated rings. The second-order valence-electron chi connectivity index (χ2n) is 3.35. The molecule has 0 spiro atoms. The highest BCUT2D eigenvalue weighted by molar-refractivity contribution is 9.10. The van der Waals surface area contributed by atoms with E-state index in [1.165, 1.54) is 5.56 Å². The molecule has 1 aliphatic heterocycles. The molecule has 0 aliphatic carbocycles. The SMILES string of the molecule is Cl.NC1CCOc2cc(Br)ccc2C1. The summed E-state index contributed by atoms with van der Waals surface area (Å²) in [6.07, 6.45) is 1.86. The summed E-state index contributed by atoms with van der Waals surface area (Å²) in [5.41, 5.74) is 7.11. The summed E-state index contributed by atoms with van der Waals surface area (Å²) in [5.74, 6) is 0.974. The van der Waals surface area contributed by atoms with Gasteiger partial charge in [0.1, 0.15) is 5.75 Å². The third-order valence-corrected chi connectivity index (χ3v) is 2.75. The zero-order chi connectivity index (χ0) is 9.26. The minimum Gasteiger partial charge on any atom is -0.493 e. The first-order chi connectivity index (χ1) is 6.25. The van der Waals surface area contributed by atoms with Gasteiger partial charge in [-0.25, -0.2) is 0 Å². The van der Waals surface area contributed by atoms with Gasteiger partial charge in [-0.05, 0) is 30.5 Å². The van der Waals surface area contributed by atoms with Crippen LogP contribution in [0.5, 0.6) is 5.75 Å². The Morgan fingerprint density at radius 2 is 2.21 bits per heavy atom. The molecule has 0 amide bonds. The Balaban J connectivity index is 0.000000980.